The highest BCUT2D eigenvalue weighted by Gasteiger charge is 2.11. The Bertz CT molecular complexity index is 623. The predicted octanol–water partition coefficient (Wildman–Crippen LogP) is 2.24. The number of pyridine rings is 1. The Hall–Kier alpha value is -2.14. The second-order valence-corrected chi connectivity index (χ2v) is 4.82. The summed E-state index contributed by atoms with van der Waals surface area (Å²) in [6.07, 6.45) is 0. The number of hydrogen-bond acceptors (Lipinski definition) is 4. The molecule has 0 bridgehead atoms. The molecule has 0 unspecified atom stereocenters. The summed E-state index contributed by atoms with van der Waals surface area (Å²) < 4.78 is 5.77. The fraction of sp³-hybridized carbons (Fsp3) is 0.375. The maximum atomic E-state index is 7.69. The van der Waals surface area contributed by atoms with Crippen molar-refractivity contribution in [3.63, 3.8) is 0 Å². The summed E-state index contributed by atoms with van der Waals surface area (Å²) in [7, 11) is 0. The lowest BCUT2D eigenvalue weighted by molar-refractivity contribution is 0.218. The first-order chi connectivity index (χ1) is 10.2. The number of nitrogens with one attached hydrogen (secondary N) is 1. The zero-order valence-electron chi connectivity index (χ0n) is 12.6. The minimum absolute atomic E-state index is 0.0221. The van der Waals surface area contributed by atoms with Crippen LogP contribution in [0.25, 0.3) is 10.9 Å². The van der Waals surface area contributed by atoms with Crippen molar-refractivity contribution in [2.45, 2.75) is 13.8 Å². The fourth-order valence-corrected chi connectivity index (χ4v) is 2.21. The third-order valence-electron chi connectivity index (χ3n) is 3.52. The Morgan fingerprint density at radius 1 is 1.29 bits per heavy atom. The van der Waals surface area contributed by atoms with Gasteiger partial charge in [0.1, 0.15) is 12.4 Å². The van der Waals surface area contributed by atoms with E-state index in [0.717, 1.165) is 30.5 Å². The van der Waals surface area contributed by atoms with E-state index in [1.165, 1.54) is 0 Å². The van der Waals surface area contributed by atoms with E-state index in [1.54, 1.807) is 0 Å². The zero-order valence-corrected chi connectivity index (χ0v) is 12.6. The monoisotopic (exact) mass is 286 g/mol. The smallest absolute Gasteiger partial charge is 0.225 e. The van der Waals surface area contributed by atoms with E-state index in [4.69, 9.17) is 15.9 Å². The number of nitrogen functional groups attached to an aromatic ring is 1. The molecule has 3 N–H and O–H groups in total. The van der Waals surface area contributed by atoms with Gasteiger partial charge in [0.05, 0.1) is 11.1 Å². The highest BCUT2D eigenvalue weighted by Crippen LogP contribution is 2.21. The number of para-hydroxylation sites is 1. The van der Waals surface area contributed by atoms with Crippen molar-refractivity contribution < 1.29 is 4.74 Å². The van der Waals surface area contributed by atoms with Crippen LogP contribution in [0.3, 0.4) is 0 Å². The summed E-state index contributed by atoms with van der Waals surface area (Å²) in [5.41, 5.74) is 7.04. The minimum atomic E-state index is -0.0221. The van der Waals surface area contributed by atoms with E-state index in [-0.39, 0.29) is 5.84 Å². The molecule has 0 aliphatic rings. The van der Waals surface area contributed by atoms with Crippen molar-refractivity contribution in [1.82, 2.24) is 9.88 Å². The topological polar surface area (TPSA) is 75.2 Å². The third-order valence-corrected chi connectivity index (χ3v) is 3.52. The summed E-state index contributed by atoms with van der Waals surface area (Å²) in [6.45, 7) is 7.60. The molecule has 2 rings (SSSR count). The zero-order chi connectivity index (χ0) is 15.2. The Morgan fingerprint density at radius 2 is 2.00 bits per heavy atom. The molecule has 0 radical (unpaired) electrons. The van der Waals surface area contributed by atoms with Crippen molar-refractivity contribution in [2.24, 2.45) is 5.73 Å². The van der Waals surface area contributed by atoms with Crippen LogP contribution < -0.4 is 10.5 Å². The second kappa shape index (κ2) is 7.04. The van der Waals surface area contributed by atoms with Crippen molar-refractivity contribution >= 4 is 16.7 Å². The van der Waals surface area contributed by atoms with Crippen LogP contribution in [0.2, 0.25) is 0 Å². The summed E-state index contributed by atoms with van der Waals surface area (Å²) in [5, 5.41) is 8.65. The molecule has 5 heteroatoms. The molecule has 21 heavy (non-hydrogen) atoms. The molecule has 0 amide bonds. The molecule has 1 aromatic carbocycles. The van der Waals surface area contributed by atoms with Gasteiger partial charge >= 0.3 is 0 Å². The number of hydrogen-bond donors (Lipinski definition) is 2. The highest BCUT2D eigenvalue weighted by molar-refractivity contribution is 6.00. The van der Waals surface area contributed by atoms with Gasteiger partial charge in [-0.1, -0.05) is 32.0 Å². The molecular formula is C16H22N4O. The number of rotatable bonds is 7. The molecule has 2 aromatic rings. The molecule has 0 spiro atoms. The number of ether oxygens (including phenoxy) is 1. The van der Waals surface area contributed by atoms with Gasteiger partial charge in [-0.3, -0.25) is 5.41 Å². The highest BCUT2D eigenvalue weighted by atomic mass is 16.5. The summed E-state index contributed by atoms with van der Waals surface area (Å²) in [5.74, 6) is 0.416. The fourth-order valence-electron chi connectivity index (χ4n) is 2.21. The van der Waals surface area contributed by atoms with Gasteiger partial charge in [-0.2, -0.15) is 0 Å². The predicted molar refractivity (Wildman–Crippen MR) is 86.0 cm³/mol. The lowest BCUT2D eigenvalue weighted by atomic mass is 10.1. The number of likely N-dealkylation sites (N-methyl/N-ethyl adjacent to an activating group) is 1. The molecule has 0 aliphatic heterocycles. The number of fused-ring (bicyclic) bond motifs is 1. The first-order valence-electron chi connectivity index (χ1n) is 7.25. The van der Waals surface area contributed by atoms with Gasteiger partial charge in [0.25, 0.3) is 0 Å². The number of nitrogens with zero attached hydrogens (tertiary/aromatic N) is 2. The van der Waals surface area contributed by atoms with Crippen LogP contribution in [0.1, 0.15) is 19.4 Å². The Labute approximate surface area is 125 Å². The lowest BCUT2D eigenvalue weighted by Crippen LogP contribution is -2.28. The Morgan fingerprint density at radius 3 is 2.67 bits per heavy atom. The molecule has 0 saturated carbocycles. The van der Waals surface area contributed by atoms with Gasteiger partial charge in [-0.15, -0.1) is 0 Å². The SMILES string of the molecule is CCN(CC)CCOc1nc2ccccc2cc1C(=N)N. The quantitative estimate of drug-likeness (QED) is 0.604. The van der Waals surface area contributed by atoms with Crippen LogP contribution in [-0.2, 0) is 0 Å². The molecular weight excluding hydrogens is 264 g/mol. The van der Waals surface area contributed by atoms with Gasteiger partial charge in [0.2, 0.25) is 5.88 Å². The van der Waals surface area contributed by atoms with Crippen LogP contribution in [-0.4, -0.2) is 42.0 Å². The van der Waals surface area contributed by atoms with Crippen molar-refractivity contribution in [3.05, 3.63) is 35.9 Å². The maximum Gasteiger partial charge on any atom is 0.225 e. The van der Waals surface area contributed by atoms with E-state index in [9.17, 15) is 0 Å². The largest absolute Gasteiger partial charge is 0.476 e. The molecule has 1 aromatic heterocycles. The lowest BCUT2D eigenvalue weighted by Gasteiger charge is -2.18. The van der Waals surface area contributed by atoms with Crippen LogP contribution in [0.4, 0.5) is 0 Å². The van der Waals surface area contributed by atoms with Gasteiger partial charge in [0, 0.05) is 11.9 Å². The first-order valence-corrected chi connectivity index (χ1v) is 7.25. The Kier molecular flexibility index (Phi) is 5.11. The number of aromatic nitrogens is 1. The first kappa shape index (κ1) is 15.3. The molecule has 5 nitrogen and oxygen atoms in total. The van der Waals surface area contributed by atoms with Gasteiger partial charge < -0.3 is 15.4 Å². The second-order valence-electron chi connectivity index (χ2n) is 4.82. The standard InChI is InChI=1S/C16H22N4O/c1-3-20(4-2)9-10-21-16-13(15(17)18)11-12-7-5-6-8-14(12)19-16/h5-8,11H,3-4,9-10H2,1-2H3,(H3,17,18). The van der Waals surface area contributed by atoms with Crippen LogP contribution in [0.15, 0.2) is 30.3 Å². The molecule has 0 fully saturated rings. The van der Waals surface area contributed by atoms with Gasteiger partial charge in [0.15, 0.2) is 0 Å². The van der Waals surface area contributed by atoms with Crippen LogP contribution in [0.5, 0.6) is 5.88 Å². The van der Waals surface area contributed by atoms with Crippen LogP contribution >= 0.6 is 0 Å². The summed E-state index contributed by atoms with van der Waals surface area (Å²) >= 11 is 0. The minimum Gasteiger partial charge on any atom is -0.476 e. The summed E-state index contributed by atoms with van der Waals surface area (Å²) in [6, 6.07) is 9.61. The van der Waals surface area contributed by atoms with E-state index < -0.39 is 0 Å². The average Bonchev–Trinajstić information content (AvgIpc) is 2.50. The van der Waals surface area contributed by atoms with Crippen molar-refractivity contribution in [2.75, 3.05) is 26.2 Å². The number of benzene rings is 1. The molecule has 112 valence electrons. The van der Waals surface area contributed by atoms with Crippen molar-refractivity contribution in [3.8, 4) is 5.88 Å². The number of amidine groups is 1. The third kappa shape index (κ3) is 3.70. The molecule has 0 aliphatic carbocycles. The summed E-state index contributed by atoms with van der Waals surface area (Å²) in [4.78, 5) is 6.76. The molecule has 0 atom stereocenters. The van der Waals surface area contributed by atoms with Gasteiger partial charge in [-0.05, 0) is 25.2 Å². The van der Waals surface area contributed by atoms with Crippen molar-refractivity contribution in [1.29, 1.82) is 5.41 Å². The van der Waals surface area contributed by atoms with Gasteiger partial charge in [-0.25, -0.2) is 4.98 Å². The van der Waals surface area contributed by atoms with E-state index in [1.807, 2.05) is 30.3 Å². The normalized spacial score (nSPS) is 11.0. The maximum absolute atomic E-state index is 7.69. The van der Waals surface area contributed by atoms with E-state index in [2.05, 4.69) is 23.7 Å². The average molecular weight is 286 g/mol. The van der Waals surface area contributed by atoms with E-state index in [0.29, 0.717) is 18.1 Å². The molecule has 1 heterocycles. The van der Waals surface area contributed by atoms with Crippen LogP contribution in [0, 0.1) is 5.41 Å². The van der Waals surface area contributed by atoms with E-state index >= 15 is 0 Å². The Balaban J connectivity index is 2.20. The molecule has 0 saturated heterocycles. The number of nitrogens with two attached hydrogens (primary N) is 1.